The van der Waals surface area contributed by atoms with Gasteiger partial charge in [0.05, 0.1) is 0 Å². The fraction of sp³-hybridized carbons (Fsp3) is 0. The first-order valence-corrected chi connectivity index (χ1v) is 11.8. The van der Waals surface area contributed by atoms with Gasteiger partial charge in [-0.3, -0.25) is 0 Å². The van der Waals surface area contributed by atoms with E-state index in [0.717, 1.165) is 0 Å². The van der Waals surface area contributed by atoms with Crippen LogP contribution in [0.1, 0.15) is 0 Å². The van der Waals surface area contributed by atoms with Crippen molar-refractivity contribution in [3.63, 3.8) is 0 Å². The van der Waals surface area contributed by atoms with Crippen LogP contribution in [0.15, 0.2) is 121 Å². The molecule has 4 aromatic rings. The van der Waals surface area contributed by atoms with Crippen molar-refractivity contribution in [3.8, 4) is 0 Å². The van der Waals surface area contributed by atoms with Gasteiger partial charge in [-0.15, -0.1) is 0 Å². The standard InChI is InChI=1S/C18H15P.C5H5.ClH.Ru/c1-4-10-16(11-5-1)19(17-12-6-2-7-13-17)18-14-8-3-9-15-18;1-2-4-5-3-1;;/h1-15H;1-5H;1H;/q;-1;;+2/p-1. The van der Waals surface area contributed by atoms with Crippen LogP contribution in [0.2, 0.25) is 0 Å². The fourth-order valence-corrected chi connectivity index (χ4v) is 4.80. The average Bonchev–Trinajstić information content (AvgIpc) is 3.33. The van der Waals surface area contributed by atoms with Crippen molar-refractivity contribution in [2.75, 3.05) is 0 Å². The van der Waals surface area contributed by atoms with Crippen LogP contribution in [0.3, 0.4) is 0 Å². The summed E-state index contributed by atoms with van der Waals surface area (Å²) in [5, 5.41) is 4.19. The van der Waals surface area contributed by atoms with Crippen molar-refractivity contribution in [1.29, 1.82) is 0 Å². The van der Waals surface area contributed by atoms with Crippen LogP contribution in [0.5, 0.6) is 0 Å². The van der Waals surface area contributed by atoms with Gasteiger partial charge < -0.3 is 0 Å². The van der Waals surface area contributed by atoms with Crippen LogP contribution in [0.4, 0.5) is 0 Å². The molecular weight excluding hydrogens is 444 g/mol. The Kier molecular flexibility index (Phi) is 10.1. The Balaban J connectivity index is 0.000000295. The molecular formula is C23H20ClPRu. The molecule has 0 aliphatic heterocycles. The summed E-state index contributed by atoms with van der Waals surface area (Å²) in [6.07, 6.45) is 0. The van der Waals surface area contributed by atoms with Crippen molar-refractivity contribution in [1.82, 2.24) is 0 Å². The van der Waals surface area contributed by atoms with Gasteiger partial charge in [0.1, 0.15) is 0 Å². The Morgan fingerprint density at radius 2 is 0.808 bits per heavy atom. The molecule has 4 rings (SSSR count). The maximum absolute atomic E-state index is 4.57. The molecule has 0 nitrogen and oxygen atoms in total. The van der Waals surface area contributed by atoms with E-state index < -0.39 is 7.92 Å². The van der Waals surface area contributed by atoms with Crippen LogP contribution in [0.25, 0.3) is 0 Å². The molecule has 0 heterocycles. The van der Waals surface area contributed by atoms with E-state index in [1.807, 2.05) is 47.6 Å². The SMILES string of the molecule is [Cl][Ru+].c1cc[cH-]c1.c1ccc(P(c2ccccc2)c2ccccc2)cc1. The second-order valence-electron chi connectivity index (χ2n) is 5.30. The normalized spacial score (nSPS) is 9.50. The van der Waals surface area contributed by atoms with Gasteiger partial charge in [0, 0.05) is 0 Å². The molecule has 0 bridgehead atoms. The van der Waals surface area contributed by atoms with Gasteiger partial charge in [0.15, 0.2) is 0 Å². The van der Waals surface area contributed by atoms with E-state index in [0.29, 0.717) is 0 Å². The summed E-state index contributed by atoms with van der Waals surface area (Å²) < 4.78 is 0. The molecule has 0 aliphatic rings. The molecule has 0 saturated heterocycles. The molecule has 132 valence electrons. The number of hydrogen-bond acceptors (Lipinski definition) is 0. The monoisotopic (exact) mass is 464 g/mol. The predicted octanol–water partition coefficient (Wildman–Crippen LogP) is 5.54. The van der Waals surface area contributed by atoms with E-state index in [9.17, 15) is 0 Å². The molecule has 0 radical (unpaired) electrons. The third kappa shape index (κ3) is 6.58. The van der Waals surface area contributed by atoms with Crippen molar-refractivity contribution in [3.05, 3.63) is 121 Å². The summed E-state index contributed by atoms with van der Waals surface area (Å²) in [7, 11) is 4.12. The Morgan fingerprint density at radius 1 is 0.500 bits per heavy atom. The molecule has 3 heteroatoms. The van der Waals surface area contributed by atoms with Gasteiger partial charge in [0.25, 0.3) is 0 Å². The van der Waals surface area contributed by atoms with Gasteiger partial charge in [-0.25, -0.2) is 12.1 Å². The molecule has 26 heavy (non-hydrogen) atoms. The molecule has 0 aromatic heterocycles. The second kappa shape index (κ2) is 12.7. The zero-order valence-electron chi connectivity index (χ0n) is 14.2. The van der Waals surface area contributed by atoms with E-state index >= 15 is 0 Å². The third-order valence-electron chi connectivity index (χ3n) is 3.60. The maximum atomic E-state index is 4.57. The minimum atomic E-state index is -0.446. The summed E-state index contributed by atoms with van der Waals surface area (Å²) in [6.45, 7) is 0. The van der Waals surface area contributed by atoms with Gasteiger partial charge in [-0.05, 0) is 23.8 Å². The van der Waals surface area contributed by atoms with Crippen LogP contribution in [-0.2, 0) is 17.3 Å². The summed E-state index contributed by atoms with van der Waals surface area (Å²) in [5.41, 5.74) is 0. The molecule has 0 fully saturated rings. The van der Waals surface area contributed by atoms with E-state index in [1.54, 1.807) is 0 Å². The van der Waals surface area contributed by atoms with Gasteiger partial charge >= 0.3 is 27.0 Å². The number of benzene rings is 3. The molecule has 0 saturated carbocycles. The van der Waals surface area contributed by atoms with Crippen LogP contribution in [-0.4, -0.2) is 0 Å². The molecule has 0 aliphatic carbocycles. The van der Waals surface area contributed by atoms with Crippen molar-refractivity contribution in [2.24, 2.45) is 0 Å². The topological polar surface area (TPSA) is 0 Å². The third-order valence-corrected chi connectivity index (χ3v) is 6.04. The first-order valence-electron chi connectivity index (χ1n) is 8.20. The van der Waals surface area contributed by atoms with Crippen molar-refractivity contribution in [2.45, 2.75) is 0 Å². The van der Waals surface area contributed by atoms with E-state index in [4.69, 9.17) is 0 Å². The van der Waals surface area contributed by atoms with Crippen LogP contribution >= 0.6 is 17.6 Å². The Labute approximate surface area is 171 Å². The van der Waals surface area contributed by atoms with Gasteiger partial charge in [0.2, 0.25) is 0 Å². The summed E-state index contributed by atoms with van der Waals surface area (Å²) >= 11 is 1.82. The molecule has 0 spiro atoms. The van der Waals surface area contributed by atoms with Crippen LogP contribution in [0, 0.1) is 0 Å². The largest absolute Gasteiger partial charge is 0.214 e. The quantitative estimate of drug-likeness (QED) is 0.213. The Bertz CT molecular complexity index is 692. The van der Waals surface area contributed by atoms with Gasteiger partial charge in [-0.2, -0.15) is 18.2 Å². The predicted molar refractivity (Wildman–Crippen MR) is 113 cm³/mol. The maximum Gasteiger partial charge on any atom is -0.0134 e. The Hall–Kier alpha value is -1.65. The number of halogens is 1. The van der Waals surface area contributed by atoms with Crippen molar-refractivity contribution >= 4 is 33.5 Å². The summed E-state index contributed by atoms with van der Waals surface area (Å²) in [5.74, 6) is 0. The zero-order valence-corrected chi connectivity index (χ0v) is 17.6. The summed E-state index contributed by atoms with van der Waals surface area (Å²) in [6, 6.07) is 42.3. The molecule has 0 unspecified atom stereocenters. The van der Waals surface area contributed by atoms with E-state index in [-0.39, 0.29) is 0 Å². The molecule has 4 aromatic carbocycles. The summed E-state index contributed by atoms with van der Waals surface area (Å²) in [4.78, 5) is 0. The molecule has 0 atom stereocenters. The van der Waals surface area contributed by atoms with Crippen molar-refractivity contribution < 1.29 is 17.3 Å². The van der Waals surface area contributed by atoms with E-state index in [2.05, 4.69) is 101 Å². The fourth-order valence-electron chi connectivity index (χ4n) is 2.50. The van der Waals surface area contributed by atoms with E-state index in [1.165, 1.54) is 15.9 Å². The minimum Gasteiger partial charge on any atom is -0.214 e. The first kappa shape index (κ1) is 20.7. The average molecular weight is 464 g/mol. The number of rotatable bonds is 3. The Morgan fingerprint density at radius 3 is 1.04 bits per heavy atom. The smallest absolute Gasteiger partial charge is 0.0134 e. The zero-order chi connectivity index (χ0) is 18.5. The molecule has 0 amide bonds. The van der Waals surface area contributed by atoms with Gasteiger partial charge in [-0.1, -0.05) is 91.0 Å². The number of hydrogen-bond donors (Lipinski definition) is 0. The van der Waals surface area contributed by atoms with Crippen LogP contribution < -0.4 is 15.9 Å². The molecule has 0 N–H and O–H groups in total. The minimum absolute atomic E-state index is 0.446. The second-order valence-corrected chi connectivity index (χ2v) is 7.52. The first-order chi connectivity index (χ1) is 12.9.